The molecule has 0 unspecified atom stereocenters. The molecule has 0 fully saturated rings. The van der Waals surface area contributed by atoms with Crippen molar-refractivity contribution in [1.82, 2.24) is 14.5 Å². The molecular formula is C14H11N3O. The summed E-state index contributed by atoms with van der Waals surface area (Å²) < 4.78 is 1.54. The van der Waals surface area contributed by atoms with E-state index in [1.807, 2.05) is 31.2 Å². The molecule has 0 amide bonds. The molecule has 0 aliphatic carbocycles. The highest BCUT2D eigenvalue weighted by Crippen LogP contribution is 2.10. The van der Waals surface area contributed by atoms with Crippen molar-refractivity contribution in [2.24, 2.45) is 0 Å². The summed E-state index contributed by atoms with van der Waals surface area (Å²) in [6.07, 6.45) is 6.71. The molecule has 4 nitrogen and oxygen atoms in total. The smallest absolute Gasteiger partial charge is 0.265 e. The van der Waals surface area contributed by atoms with Gasteiger partial charge in [-0.3, -0.25) is 14.3 Å². The van der Waals surface area contributed by atoms with Crippen LogP contribution in [0, 0.1) is 6.92 Å². The number of pyridine rings is 3. The molecule has 18 heavy (non-hydrogen) atoms. The summed E-state index contributed by atoms with van der Waals surface area (Å²) in [5.41, 5.74) is 0.969. The van der Waals surface area contributed by atoms with Crippen LogP contribution in [0.15, 0.2) is 53.8 Å². The van der Waals surface area contributed by atoms with Gasteiger partial charge < -0.3 is 0 Å². The van der Waals surface area contributed by atoms with Crippen molar-refractivity contribution >= 4 is 10.8 Å². The lowest BCUT2D eigenvalue weighted by Crippen LogP contribution is -2.18. The third-order valence-electron chi connectivity index (χ3n) is 2.85. The standard InChI is InChI=1S/C14H11N3O/c1-10-2-6-16-13(8-10)17-7-4-11-3-5-15-9-12(11)14(17)18/h2-9H,1H3. The summed E-state index contributed by atoms with van der Waals surface area (Å²) in [6, 6.07) is 7.49. The number of nitrogens with zero attached hydrogens (tertiary/aromatic N) is 3. The lowest BCUT2D eigenvalue weighted by molar-refractivity contribution is 0.950. The molecular weight excluding hydrogens is 226 g/mol. The van der Waals surface area contributed by atoms with Crippen molar-refractivity contribution < 1.29 is 0 Å². The minimum Gasteiger partial charge on any atom is -0.268 e. The summed E-state index contributed by atoms with van der Waals surface area (Å²) in [5.74, 6) is 0.630. The van der Waals surface area contributed by atoms with Gasteiger partial charge in [0.2, 0.25) is 0 Å². The lowest BCUT2D eigenvalue weighted by Gasteiger charge is -2.06. The molecule has 0 aromatic carbocycles. The summed E-state index contributed by atoms with van der Waals surface area (Å²) in [6.45, 7) is 1.97. The van der Waals surface area contributed by atoms with Gasteiger partial charge in [0.15, 0.2) is 0 Å². The molecule has 3 heterocycles. The maximum absolute atomic E-state index is 12.3. The molecule has 0 radical (unpaired) electrons. The zero-order valence-corrected chi connectivity index (χ0v) is 9.87. The number of fused-ring (bicyclic) bond motifs is 1. The first-order valence-electron chi connectivity index (χ1n) is 5.64. The van der Waals surface area contributed by atoms with Crippen molar-refractivity contribution in [3.63, 3.8) is 0 Å². The fourth-order valence-electron chi connectivity index (χ4n) is 1.91. The Hall–Kier alpha value is -2.49. The van der Waals surface area contributed by atoms with E-state index in [-0.39, 0.29) is 5.56 Å². The van der Waals surface area contributed by atoms with Crippen LogP contribution in [0.5, 0.6) is 0 Å². The maximum Gasteiger partial charge on any atom is 0.265 e. The molecule has 0 aliphatic rings. The van der Waals surface area contributed by atoms with Gasteiger partial charge in [-0.05, 0) is 42.1 Å². The second kappa shape index (κ2) is 4.07. The molecule has 88 valence electrons. The normalized spacial score (nSPS) is 10.7. The number of aryl methyl sites for hydroxylation is 1. The van der Waals surface area contributed by atoms with E-state index in [1.165, 1.54) is 4.57 Å². The Labute approximate surface area is 104 Å². The van der Waals surface area contributed by atoms with Crippen molar-refractivity contribution in [2.45, 2.75) is 6.92 Å². The Morgan fingerprint density at radius 2 is 2.06 bits per heavy atom. The highest BCUT2D eigenvalue weighted by Gasteiger charge is 2.05. The van der Waals surface area contributed by atoms with Crippen LogP contribution >= 0.6 is 0 Å². The first-order chi connectivity index (χ1) is 8.75. The van der Waals surface area contributed by atoms with Crippen molar-refractivity contribution in [2.75, 3.05) is 0 Å². The Morgan fingerprint density at radius 1 is 1.17 bits per heavy atom. The minimum absolute atomic E-state index is 0.0984. The van der Waals surface area contributed by atoms with Crippen molar-refractivity contribution in [1.29, 1.82) is 0 Å². The van der Waals surface area contributed by atoms with Crippen molar-refractivity contribution in [3.8, 4) is 5.82 Å². The van der Waals surface area contributed by atoms with Crippen LogP contribution in [0.2, 0.25) is 0 Å². The third-order valence-corrected chi connectivity index (χ3v) is 2.85. The Balaban J connectivity index is 2.31. The van der Waals surface area contributed by atoms with E-state index >= 15 is 0 Å². The fraction of sp³-hybridized carbons (Fsp3) is 0.0714. The van der Waals surface area contributed by atoms with Gasteiger partial charge in [-0.2, -0.15) is 0 Å². The van der Waals surface area contributed by atoms with E-state index < -0.39 is 0 Å². The predicted molar refractivity (Wildman–Crippen MR) is 69.9 cm³/mol. The molecule has 0 saturated carbocycles. The SMILES string of the molecule is Cc1ccnc(-n2ccc3ccncc3c2=O)c1. The molecule has 0 saturated heterocycles. The monoisotopic (exact) mass is 237 g/mol. The molecule has 4 heteroatoms. The van der Waals surface area contributed by atoms with Crippen LogP contribution in [0.1, 0.15) is 5.56 Å². The number of aromatic nitrogens is 3. The van der Waals surface area contributed by atoms with Crippen molar-refractivity contribution in [3.05, 3.63) is 65.0 Å². The largest absolute Gasteiger partial charge is 0.268 e. The molecule has 0 N–H and O–H groups in total. The van der Waals surface area contributed by atoms with Gasteiger partial charge in [-0.15, -0.1) is 0 Å². The van der Waals surface area contributed by atoms with Crippen LogP contribution in [0.3, 0.4) is 0 Å². The maximum atomic E-state index is 12.3. The zero-order valence-electron chi connectivity index (χ0n) is 9.87. The number of hydrogen-bond acceptors (Lipinski definition) is 3. The summed E-state index contributed by atoms with van der Waals surface area (Å²) >= 11 is 0. The van der Waals surface area contributed by atoms with E-state index in [4.69, 9.17) is 0 Å². The highest BCUT2D eigenvalue weighted by atomic mass is 16.1. The molecule has 0 spiro atoms. The van der Waals surface area contributed by atoms with Gasteiger partial charge in [-0.25, -0.2) is 4.98 Å². The first kappa shape index (κ1) is 10.7. The summed E-state index contributed by atoms with van der Waals surface area (Å²) in [7, 11) is 0. The molecule has 0 atom stereocenters. The topological polar surface area (TPSA) is 47.8 Å². The molecule has 3 rings (SSSR count). The molecule has 3 aromatic rings. The lowest BCUT2D eigenvalue weighted by atomic mass is 10.2. The van der Waals surface area contributed by atoms with E-state index in [0.29, 0.717) is 11.2 Å². The Kier molecular flexibility index (Phi) is 2.41. The number of rotatable bonds is 1. The number of hydrogen-bond donors (Lipinski definition) is 0. The fourth-order valence-corrected chi connectivity index (χ4v) is 1.91. The molecule has 0 bridgehead atoms. The average molecular weight is 237 g/mol. The first-order valence-corrected chi connectivity index (χ1v) is 5.64. The summed E-state index contributed by atoms with van der Waals surface area (Å²) in [5, 5.41) is 1.49. The molecule has 0 aliphatic heterocycles. The van der Waals surface area contributed by atoms with E-state index in [9.17, 15) is 4.79 Å². The van der Waals surface area contributed by atoms with E-state index in [2.05, 4.69) is 9.97 Å². The molecule has 3 aromatic heterocycles. The summed E-state index contributed by atoms with van der Waals surface area (Å²) in [4.78, 5) is 20.5. The second-order valence-corrected chi connectivity index (χ2v) is 4.15. The van der Waals surface area contributed by atoms with Crippen LogP contribution in [-0.4, -0.2) is 14.5 Å². The zero-order chi connectivity index (χ0) is 12.5. The van der Waals surface area contributed by atoms with Gasteiger partial charge in [0.05, 0.1) is 5.39 Å². The van der Waals surface area contributed by atoms with Gasteiger partial charge in [0.1, 0.15) is 5.82 Å². The van der Waals surface area contributed by atoms with Gasteiger partial charge in [0, 0.05) is 24.8 Å². The van der Waals surface area contributed by atoms with E-state index in [0.717, 1.165) is 10.9 Å². The van der Waals surface area contributed by atoms with E-state index in [1.54, 1.807) is 24.8 Å². The quantitative estimate of drug-likeness (QED) is 0.651. The predicted octanol–water partition coefficient (Wildman–Crippen LogP) is 2.09. The van der Waals surface area contributed by atoms with Gasteiger partial charge in [-0.1, -0.05) is 0 Å². The minimum atomic E-state index is -0.0984. The van der Waals surface area contributed by atoms with Crippen LogP contribution in [0.4, 0.5) is 0 Å². The van der Waals surface area contributed by atoms with Crippen LogP contribution in [-0.2, 0) is 0 Å². The average Bonchev–Trinajstić information content (AvgIpc) is 2.39. The second-order valence-electron chi connectivity index (χ2n) is 4.15. The highest BCUT2D eigenvalue weighted by molar-refractivity contribution is 5.80. The van der Waals surface area contributed by atoms with Crippen LogP contribution in [0.25, 0.3) is 16.6 Å². The van der Waals surface area contributed by atoms with Crippen LogP contribution < -0.4 is 5.56 Å². The third kappa shape index (κ3) is 1.68. The van der Waals surface area contributed by atoms with Gasteiger partial charge in [0.25, 0.3) is 5.56 Å². The Morgan fingerprint density at radius 3 is 2.89 bits per heavy atom. The van der Waals surface area contributed by atoms with Gasteiger partial charge >= 0.3 is 0 Å². The Bertz CT molecular complexity index is 777.